The summed E-state index contributed by atoms with van der Waals surface area (Å²) in [5.41, 5.74) is 1.17. The summed E-state index contributed by atoms with van der Waals surface area (Å²) < 4.78 is 7.88. The maximum absolute atomic E-state index is 5.69. The van der Waals surface area contributed by atoms with Crippen LogP contribution in [-0.4, -0.2) is 35.6 Å². The molecule has 0 amide bonds. The van der Waals surface area contributed by atoms with Gasteiger partial charge in [-0.15, -0.1) is 0 Å². The topological polar surface area (TPSA) is 39.1 Å². The molecule has 1 fully saturated rings. The first-order valence-corrected chi connectivity index (χ1v) is 8.07. The van der Waals surface area contributed by atoms with Crippen molar-refractivity contribution in [3.8, 4) is 0 Å². The molecule has 20 heavy (non-hydrogen) atoms. The minimum atomic E-state index is 0.213. The second kappa shape index (κ2) is 7.79. The van der Waals surface area contributed by atoms with Gasteiger partial charge in [-0.3, -0.25) is 4.68 Å². The van der Waals surface area contributed by atoms with Crippen molar-refractivity contribution < 1.29 is 4.74 Å². The van der Waals surface area contributed by atoms with Gasteiger partial charge in [0.2, 0.25) is 0 Å². The fourth-order valence-corrected chi connectivity index (χ4v) is 3.14. The molecule has 0 bridgehead atoms. The smallest absolute Gasteiger partial charge is 0.0703 e. The predicted molar refractivity (Wildman–Crippen MR) is 82.0 cm³/mol. The van der Waals surface area contributed by atoms with Gasteiger partial charge < -0.3 is 10.1 Å². The van der Waals surface area contributed by atoms with Gasteiger partial charge in [0.1, 0.15) is 0 Å². The molecule has 2 atom stereocenters. The van der Waals surface area contributed by atoms with E-state index in [4.69, 9.17) is 9.84 Å². The van der Waals surface area contributed by atoms with Crippen LogP contribution in [0.4, 0.5) is 0 Å². The summed E-state index contributed by atoms with van der Waals surface area (Å²) in [6.45, 7) is 4.93. The quantitative estimate of drug-likeness (QED) is 0.834. The van der Waals surface area contributed by atoms with E-state index in [1.165, 1.54) is 37.8 Å². The lowest BCUT2D eigenvalue weighted by molar-refractivity contribution is 0.0493. The van der Waals surface area contributed by atoms with Crippen molar-refractivity contribution in [1.82, 2.24) is 15.1 Å². The van der Waals surface area contributed by atoms with Crippen molar-refractivity contribution in [2.75, 3.05) is 13.7 Å². The van der Waals surface area contributed by atoms with Crippen LogP contribution < -0.4 is 5.32 Å². The number of rotatable bonds is 7. The monoisotopic (exact) mass is 279 g/mol. The van der Waals surface area contributed by atoms with Gasteiger partial charge in [-0.25, -0.2) is 0 Å². The van der Waals surface area contributed by atoms with Gasteiger partial charge in [0.15, 0.2) is 0 Å². The number of aromatic nitrogens is 2. The molecule has 0 spiro atoms. The molecule has 114 valence electrons. The summed E-state index contributed by atoms with van der Waals surface area (Å²) in [7, 11) is 2.00. The number of nitrogens with zero attached hydrogens (tertiary/aromatic N) is 2. The van der Waals surface area contributed by atoms with Crippen LogP contribution in [0.2, 0.25) is 0 Å². The second-order valence-electron chi connectivity index (χ2n) is 5.84. The molecule has 1 aromatic heterocycles. The third kappa shape index (κ3) is 4.06. The van der Waals surface area contributed by atoms with E-state index in [0.717, 1.165) is 13.0 Å². The molecule has 1 aliphatic carbocycles. The average Bonchev–Trinajstić information content (AvgIpc) is 2.94. The summed E-state index contributed by atoms with van der Waals surface area (Å²) in [5, 5.41) is 8.13. The molecular weight excluding hydrogens is 250 g/mol. The van der Waals surface area contributed by atoms with E-state index in [1.807, 2.05) is 14.0 Å². The Morgan fingerprint density at radius 1 is 1.40 bits per heavy atom. The highest BCUT2D eigenvalue weighted by Gasteiger charge is 2.19. The second-order valence-corrected chi connectivity index (χ2v) is 5.84. The molecule has 0 aromatic carbocycles. The van der Waals surface area contributed by atoms with Gasteiger partial charge >= 0.3 is 0 Å². The van der Waals surface area contributed by atoms with E-state index < -0.39 is 0 Å². The minimum Gasteiger partial charge on any atom is -0.377 e. The highest BCUT2D eigenvalue weighted by molar-refractivity contribution is 5.03. The fourth-order valence-electron chi connectivity index (χ4n) is 3.14. The zero-order valence-corrected chi connectivity index (χ0v) is 13.1. The summed E-state index contributed by atoms with van der Waals surface area (Å²) in [6.07, 6.45) is 9.95. The molecule has 1 aliphatic rings. The zero-order valence-electron chi connectivity index (χ0n) is 13.1. The molecule has 0 saturated heterocycles. The molecule has 0 radical (unpaired) electrons. The van der Waals surface area contributed by atoms with Crippen molar-refractivity contribution >= 4 is 0 Å². The Kier molecular flexibility index (Phi) is 6.05. The summed E-state index contributed by atoms with van der Waals surface area (Å²) in [4.78, 5) is 0. The summed E-state index contributed by atoms with van der Waals surface area (Å²) in [5.74, 6) is 0. The highest BCUT2D eigenvalue weighted by atomic mass is 16.5. The highest BCUT2D eigenvalue weighted by Crippen LogP contribution is 2.27. The van der Waals surface area contributed by atoms with Crippen LogP contribution in [0.15, 0.2) is 12.3 Å². The molecule has 1 N–H and O–H groups in total. The van der Waals surface area contributed by atoms with Crippen LogP contribution in [0, 0.1) is 0 Å². The maximum Gasteiger partial charge on any atom is 0.0703 e. The number of hydrogen-bond acceptors (Lipinski definition) is 3. The molecule has 1 heterocycles. The lowest BCUT2D eigenvalue weighted by atomic mass is 9.96. The van der Waals surface area contributed by atoms with Gasteiger partial charge in [0.05, 0.1) is 17.8 Å². The Balaban J connectivity index is 1.93. The first-order valence-electron chi connectivity index (χ1n) is 8.07. The number of ether oxygens (including phenoxy) is 1. The normalized spacial score (nSPS) is 19.9. The van der Waals surface area contributed by atoms with E-state index in [1.54, 1.807) is 0 Å². The van der Waals surface area contributed by atoms with Crippen LogP contribution in [0.25, 0.3) is 0 Å². The number of nitrogens with one attached hydrogen (secondary N) is 1. The van der Waals surface area contributed by atoms with E-state index in [9.17, 15) is 0 Å². The molecule has 1 saturated carbocycles. The van der Waals surface area contributed by atoms with Crippen LogP contribution >= 0.6 is 0 Å². The minimum absolute atomic E-state index is 0.213. The largest absolute Gasteiger partial charge is 0.377 e. The van der Waals surface area contributed by atoms with Gasteiger partial charge in [0, 0.05) is 25.3 Å². The fraction of sp³-hybridized carbons (Fsp3) is 0.812. The first kappa shape index (κ1) is 15.5. The SMILES string of the molecule is CCOC(C)C(Cc1ccn(C2CCCCC2)n1)NC. The summed E-state index contributed by atoms with van der Waals surface area (Å²) in [6, 6.07) is 3.11. The van der Waals surface area contributed by atoms with E-state index in [0.29, 0.717) is 12.1 Å². The Hall–Kier alpha value is -0.870. The van der Waals surface area contributed by atoms with Crippen LogP contribution in [0.5, 0.6) is 0 Å². The third-order valence-corrected chi connectivity index (χ3v) is 4.41. The van der Waals surface area contributed by atoms with Crippen molar-refractivity contribution in [1.29, 1.82) is 0 Å². The molecule has 0 aliphatic heterocycles. The summed E-state index contributed by atoms with van der Waals surface area (Å²) >= 11 is 0. The van der Waals surface area contributed by atoms with Crippen LogP contribution in [0.1, 0.15) is 57.7 Å². The first-order chi connectivity index (χ1) is 9.74. The molecule has 4 nitrogen and oxygen atoms in total. The third-order valence-electron chi connectivity index (χ3n) is 4.41. The van der Waals surface area contributed by atoms with Crippen molar-refractivity contribution in [3.63, 3.8) is 0 Å². The van der Waals surface area contributed by atoms with E-state index in [-0.39, 0.29) is 6.10 Å². The van der Waals surface area contributed by atoms with E-state index in [2.05, 4.69) is 29.2 Å². The molecule has 2 unspecified atom stereocenters. The zero-order chi connectivity index (χ0) is 14.4. The van der Waals surface area contributed by atoms with Crippen molar-refractivity contribution in [2.45, 2.75) is 70.6 Å². The number of likely N-dealkylation sites (N-methyl/N-ethyl adjacent to an activating group) is 1. The Morgan fingerprint density at radius 3 is 2.80 bits per heavy atom. The van der Waals surface area contributed by atoms with Gasteiger partial charge in [-0.05, 0) is 39.8 Å². The lowest BCUT2D eigenvalue weighted by Crippen LogP contribution is -2.39. The van der Waals surface area contributed by atoms with Crippen molar-refractivity contribution in [2.24, 2.45) is 0 Å². The maximum atomic E-state index is 5.69. The Morgan fingerprint density at radius 2 is 2.15 bits per heavy atom. The predicted octanol–water partition coefficient (Wildman–Crippen LogP) is 2.94. The van der Waals surface area contributed by atoms with E-state index >= 15 is 0 Å². The van der Waals surface area contributed by atoms with Gasteiger partial charge in [-0.2, -0.15) is 5.10 Å². The van der Waals surface area contributed by atoms with Crippen LogP contribution in [-0.2, 0) is 11.2 Å². The van der Waals surface area contributed by atoms with Gasteiger partial charge in [-0.1, -0.05) is 19.3 Å². The van der Waals surface area contributed by atoms with Crippen LogP contribution in [0.3, 0.4) is 0 Å². The van der Waals surface area contributed by atoms with Crippen molar-refractivity contribution in [3.05, 3.63) is 18.0 Å². The molecule has 1 aromatic rings. The lowest BCUT2D eigenvalue weighted by Gasteiger charge is -2.23. The average molecular weight is 279 g/mol. The van der Waals surface area contributed by atoms with Gasteiger partial charge in [0.25, 0.3) is 0 Å². The molecular formula is C16H29N3O. The Labute approximate surface area is 122 Å². The molecule has 2 rings (SSSR count). The standard InChI is InChI=1S/C16H29N3O/c1-4-20-13(2)16(17-3)12-14-10-11-19(18-14)15-8-6-5-7-9-15/h10-11,13,15-17H,4-9,12H2,1-3H3. The Bertz CT molecular complexity index is 385. The number of hydrogen-bond donors (Lipinski definition) is 1. The molecule has 4 heteroatoms.